The van der Waals surface area contributed by atoms with Crippen LogP contribution in [0.15, 0.2) is 29.1 Å². The van der Waals surface area contributed by atoms with Crippen LogP contribution in [0.2, 0.25) is 0 Å². The Balaban J connectivity index is 2.70. The number of nitrogens with one attached hydrogen (secondary N) is 1. The Morgan fingerprint density at radius 2 is 1.94 bits per heavy atom. The molecule has 0 radical (unpaired) electrons. The van der Waals surface area contributed by atoms with Gasteiger partial charge in [-0.05, 0) is 24.3 Å². The molecule has 88 valence electrons. The summed E-state index contributed by atoms with van der Waals surface area (Å²) in [4.78, 5) is 24.7. The lowest BCUT2D eigenvalue weighted by atomic mass is 10.3. The van der Waals surface area contributed by atoms with E-state index in [-0.39, 0.29) is 17.2 Å². The first-order valence-corrected chi connectivity index (χ1v) is 4.60. The van der Waals surface area contributed by atoms with Gasteiger partial charge in [0, 0.05) is 0 Å². The Morgan fingerprint density at radius 3 is 2.47 bits per heavy atom. The first-order chi connectivity index (χ1) is 8.00. The third kappa shape index (κ3) is 1.78. The van der Waals surface area contributed by atoms with Gasteiger partial charge >= 0.3 is 11.7 Å². The number of nitrogen functional groups attached to an aromatic ring is 1. The lowest BCUT2D eigenvalue weighted by Crippen LogP contribution is -2.19. The standard InChI is InChI=1S/C10H8FN3O3/c11-5-1-3-6(4-2-5)14-7(9(15)16)8(12)13-10(14)17/h1-4H,12H2,(H,13,17)(H,15,16). The summed E-state index contributed by atoms with van der Waals surface area (Å²) in [5, 5.41) is 8.94. The molecule has 0 spiro atoms. The number of benzene rings is 1. The predicted molar refractivity (Wildman–Crippen MR) is 57.7 cm³/mol. The summed E-state index contributed by atoms with van der Waals surface area (Å²) in [7, 11) is 0. The van der Waals surface area contributed by atoms with Crippen LogP contribution in [-0.2, 0) is 0 Å². The van der Waals surface area contributed by atoms with Gasteiger partial charge in [0.1, 0.15) is 11.6 Å². The number of nitrogens with two attached hydrogens (primary N) is 1. The minimum atomic E-state index is -1.34. The third-order valence-corrected chi connectivity index (χ3v) is 2.21. The van der Waals surface area contributed by atoms with Crippen molar-refractivity contribution in [2.45, 2.75) is 0 Å². The zero-order valence-corrected chi connectivity index (χ0v) is 8.48. The van der Waals surface area contributed by atoms with E-state index in [2.05, 4.69) is 4.98 Å². The maximum atomic E-state index is 12.7. The van der Waals surface area contributed by atoms with Crippen molar-refractivity contribution in [3.63, 3.8) is 0 Å². The van der Waals surface area contributed by atoms with E-state index in [1.54, 1.807) is 0 Å². The van der Waals surface area contributed by atoms with Crippen molar-refractivity contribution in [3.8, 4) is 5.69 Å². The van der Waals surface area contributed by atoms with Gasteiger partial charge in [-0.1, -0.05) is 0 Å². The molecule has 1 aromatic heterocycles. The second kappa shape index (κ2) is 3.78. The smallest absolute Gasteiger partial charge is 0.356 e. The molecule has 0 aliphatic carbocycles. The molecule has 0 saturated carbocycles. The second-order valence-corrected chi connectivity index (χ2v) is 3.31. The van der Waals surface area contributed by atoms with Crippen LogP contribution in [0.5, 0.6) is 0 Å². The zero-order chi connectivity index (χ0) is 12.6. The normalized spacial score (nSPS) is 10.4. The molecule has 0 atom stereocenters. The zero-order valence-electron chi connectivity index (χ0n) is 8.48. The number of carbonyl (C=O) groups is 1. The Labute approximate surface area is 94.1 Å². The van der Waals surface area contributed by atoms with Crippen LogP contribution in [0.3, 0.4) is 0 Å². The van der Waals surface area contributed by atoms with Gasteiger partial charge in [-0.15, -0.1) is 0 Å². The Hall–Kier alpha value is -2.57. The molecule has 0 saturated heterocycles. The van der Waals surface area contributed by atoms with E-state index >= 15 is 0 Å². The summed E-state index contributed by atoms with van der Waals surface area (Å²) in [6.07, 6.45) is 0. The van der Waals surface area contributed by atoms with Crippen molar-refractivity contribution in [2.75, 3.05) is 5.73 Å². The molecule has 7 heteroatoms. The number of aromatic nitrogens is 2. The van der Waals surface area contributed by atoms with E-state index in [1.165, 1.54) is 12.1 Å². The molecular formula is C10H8FN3O3. The molecule has 0 aliphatic heterocycles. The minimum Gasteiger partial charge on any atom is -0.476 e. The third-order valence-electron chi connectivity index (χ3n) is 2.21. The molecule has 0 aliphatic rings. The molecule has 17 heavy (non-hydrogen) atoms. The highest BCUT2D eigenvalue weighted by Gasteiger charge is 2.19. The number of aromatic carboxylic acids is 1. The molecular weight excluding hydrogens is 229 g/mol. The highest BCUT2D eigenvalue weighted by atomic mass is 19.1. The summed E-state index contributed by atoms with van der Waals surface area (Å²) in [6.45, 7) is 0. The van der Waals surface area contributed by atoms with Gasteiger partial charge in [-0.2, -0.15) is 0 Å². The number of carboxylic acid groups (broad SMARTS) is 1. The number of nitrogens with zero attached hydrogens (tertiary/aromatic N) is 1. The van der Waals surface area contributed by atoms with Crippen molar-refractivity contribution in [1.29, 1.82) is 0 Å². The summed E-state index contributed by atoms with van der Waals surface area (Å²) in [6, 6.07) is 4.82. The maximum absolute atomic E-state index is 12.7. The van der Waals surface area contributed by atoms with Gasteiger partial charge in [0.2, 0.25) is 0 Å². The number of anilines is 1. The summed E-state index contributed by atoms with van der Waals surface area (Å²) in [5.41, 5.74) is 4.54. The predicted octanol–water partition coefficient (Wildman–Crippen LogP) is 0.585. The molecule has 0 unspecified atom stereocenters. The molecule has 6 nitrogen and oxygen atoms in total. The molecule has 1 heterocycles. The van der Waals surface area contributed by atoms with Crippen molar-refractivity contribution in [3.05, 3.63) is 46.3 Å². The van der Waals surface area contributed by atoms with Crippen molar-refractivity contribution >= 4 is 11.8 Å². The summed E-state index contributed by atoms with van der Waals surface area (Å²) in [5.74, 6) is -2.07. The second-order valence-electron chi connectivity index (χ2n) is 3.31. The average molecular weight is 237 g/mol. The highest BCUT2D eigenvalue weighted by molar-refractivity contribution is 5.91. The van der Waals surface area contributed by atoms with E-state index in [9.17, 15) is 14.0 Å². The lowest BCUT2D eigenvalue weighted by molar-refractivity contribution is 0.0689. The van der Waals surface area contributed by atoms with Crippen LogP contribution >= 0.6 is 0 Å². The number of imidazole rings is 1. The van der Waals surface area contributed by atoms with E-state index in [4.69, 9.17) is 10.8 Å². The Morgan fingerprint density at radius 1 is 1.35 bits per heavy atom. The molecule has 1 aromatic carbocycles. The van der Waals surface area contributed by atoms with Crippen LogP contribution in [0.4, 0.5) is 10.2 Å². The average Bonchev–Trinajstić information content (AvgIpc) is 2.55. The van der Waals surface area contributed by atoms with Gasteiger partial charge < -0.3 is 10.8 Å². The largest absolute Gasteiger partial charge is 0.476 e. The van der Waals surface area contributed by atoms with Crippen molar-refractivity contribution < 1.29 is 14.3 Å². The molecule has 0 fully saturated rings. The quantitative estimate of drug-likeness (QED) is 0.711. The maximum Gasteiger partial charge on any atom is 0.356 e. The summed E-state index contributed by atoms with van der Waals surface area (Å²) < 4.78 is 13.6. The molecule has 4 N–H and O–H groups in total. The van der Waals surface area contributed by atoms with Gasteiger partial charge in [-0.3, -0.25) is 9.55 Å². The Bertz CT molecular complexity index is 627. The van der Waals surface area contributed by atoms with Crippen LogP contribution in [0.1, 0.15) is 10.5 Å². The van der Waals surface area contributed by atoms with Crippen LogP contribution in [0.25, 0.3) is 5.69 Å². The summed E-state index contributed by atoms with van der Waals surface area (Å²) >= 11 is 0. The Kier molecular flexibility index (Phi) is 2.43. The number of hydrogen-bond donors (Lipinski definition) is 3. The van der Waals surface area contributed by atoms with Gasteiger partial charge in [-0.25, -0.2) is 14.0 Å². The molecule has 2 aromatic rings. The number of aromatic amines is 1. The number of H-pyrrole nitrogens is 1. The fourth-order valence-electron chi connectivity index (χ4n) is 1.50. The minimum absolute atomic E-state index is 0.224. The number of rotatable bonds is 2. The number of halogens is 1. The number of hydrogen-bond acceptors (Lipinski definition) is 3. The first kappa shape index (κ1) is 10.9. The highest BCUT2D eigenvalue weighted by Crippen LogP contribution is 2.13. The van der Waals surface area contributed by atoms with Crippen LogP contribution in [0, 0.1) is 5.82 Å². The molecule has 0 bridgehead atoms. The van der Waals surface area contributed by atoms with E-state index < -0.39 is 17.5 Å². The van der Waals surface area contributed by atoms with E-state index in [0.29, 0.717) is 0 Å². The molecule has 0 amide bonds. The first-order valence-electron chi connectivity index (χ1n) is 4.60. The van der Waals surface area contributed by atoms with E-state index in [1.807, 2.05) is 0 Å². The number of carboxylic acids is 1. The monoisotopic (exact) mass is 237 g/mol. The fourth-order valence-corrected chi connectivity index (χ4v) is 1.50. The van der Waals surface area contributed by atoms with E-state index in [0.717, 1.165) is 16.7 Å². The van der Waals surface area contributed by atoms with Crippen molar-refractivity contribution in [2.24, 2.45) is 0 Å². The van der Waals surface area contributed by atoms with Crippen LogP contribution in [-0.4, -0.2) is 20.6 Å². The topological polar surface area (TPSA) is 101 Å². The van der Waals surface area contributed by atoms with Gasteiger partial charge in [0.25, 0.3) is 0 Å². The lowest BCUT2D eigenvalue weighted by Gasteiger charge is -2.03. The molecule has 2 rings (SSSR count). The van der Waals surface area contributed by atoms with Gasteiger partial charge in [0.15, 0.2) is 5.69 Å². The van der Waals surface area contributed by atoms with Crippen LogP contribution < -0.4 is 11.4 Å². The fraction of sp³-hybridized carbons (Fsp3) is 0. The SMILES string of the molecule is Nc1[nH]c(=O)n(-c2ccc(F)cc2)c1C(=O)O. The van der Waals surface area contributed by atoms with Crippen molar-refractivity contribution in [1.82, 2.24) is 9.55 Å². The van der Waals surface area contributed by atoms with Gasteiger partial charge in [0.05, 0.1) is 5.69 Å².